The second kappa shape index (κ2) is 8.05. The number of furan rings is 1. The van der Waals surface area contributed by atoms with E-state index in [-0.39, 0.29) is 12.2 Å². The van der Waals surface area contributed by atoms with E-state index < -0.39 is 0 Å². The van der Waals surface area contributed by atoms with Crippen LogP contribution in [0, 0.1) is 6.92 Å². The molecule has 0 saturated carbocycles. The summed E-state index contributed by atoms with van der Waals surface area (Å²) in [6.07, 6.45) is 3.59. The molecule has 0 aliphatic heterocycles. The minimum absolute atomic E-state index is 0.0589. The van der Waals surface area contributed by atoms with E-state index in [1.54, 1.807) is 12.4 Å². The first-order chi connectivity index (χ1) is 14.0. The van der Waals surface area contributed by atoms with Crippen molar-refractivity contribution < 1.29 is 9.21 Å². The molecular weight excluding hydrogens is 432 g/mol. The number of aromatic nitrogens is 2. The zero-order chi connectivity index (χ0) is 20.4. The molecular formula is C22H19BrN4O2. The predicted octanol–water partition coefficient (Wildman–Crippen LogP) is 4.91. The summed E-state index contributed by atoms with van der Waals surface area (Å²) in [6.45, 7) is 2.39. The average Bonchev–Trinajstić information content (AvgIpc) is 3.04. The summed E-state index contributed by atoms with van der Waals surface area (Å²) >= 11 is 3.46. The molecule has 0 unspecified atom stereocenters. The fourth-order valence-electron chi connectivity index (χ4n) is 3.21. The van der Waals surface area contributed by atoms with Crippen LogP contribution in [0.25, 0.3) is 11.0 Å². The average molecular weight is 451 g/mol. The molecule has 3 aromatic heterocycles. The van der Waals surface area contributed by atoms with Gasteiger partial charge in [0.25, 0.3) is 0 Å². The number of hydrogen-bond acceptors (Lipinski definition) is 6. The van der Waals surface area contributed by atoms with Gasteiger partial charge in [-0.2, -0.15) is 0 Å². The van der Waals surface area contributed by atoms with E-state index >= 15 is 0 Å². The van der Waals surface area contributed by atoms with E-state index in [4.69, 9.17) is 10.2 Å². The normalized spacial score (nSPS) is 11.0. The van der Waals surface area contributed by atoms with Crippen LogP contribution in [0.5, 0.6) is 0 Å². The number of halogens is 1. The zero-order valence-corrected chi connectivity index (χ0v) is 17.4. The number of fused-ring (bicyclic) bond motifs is 1. The van der Waals surface area contributed by atoms with Gasteiger partial charge < -0.3 is 15.5 Å². The number of rotatable bonds is 6. The van der Waals surface area contributed by atoms with Crippen LogP contribution in [0.2, 0.25) is 0 Å². The van der Waals surface area contributed by atoms with Crippen molar-refractivity contribution in [3.05, 3.63) is 81.9 Å². The summed E-state index contributed by atoms with van der Waals surface area (Å²) in [5.74, 6) is 0.778. The molecule has 0 fully saturated rings. The SMILES string of the molecule is Cc1c(C(=O)Cc2ccnc(CNc3cccnc3N)c2)oc2ccc(Br)cc12. The van der Waals surface area contributed by atoms with Gasteiger partial charge in [0.15, 0.2) is 5.76 Å². The molecule has 3 heterocycles. The molecule has 7 heteroatoms. The minimum atomic E-state index is -0.0589. The highest BCUT2D eigenvalue weighted by atomic mass is 79.9. The van der Waals surface area contributed by atoms with Crippen LogP contribution in [-0.2, 0) is 13.0 Å². The molecule has 6 nitrogen and oxygen atoms in total. The third-order valence-electron chi connectivity index (χ3n) is 4.70. The van der Waals surface area contributed by atoms with Gasteiger partial charge in [-0.3, -0.25) is 9.78 Å². The van der Waals surface area contributed by atoms with Crippen molar-refractivity contribution in [3.8, 4) is 0 Å². The molecule has 0 saturated heterocycles. The van der Waals surface area contributed by atoms with Crippen LogP contribution in [0.3, 0.4) is 0 Å². The first-order valence-electron chi connectivity index (χ1n) is 9.11. The number of Topliss-reactive ketones (excluding diaryl/α,β-unsaturated/α-hetero) is 1. The van der Waals surface area contributed by atoms with Crippen molar-refractivity contribution in [2.75, 3.05) is 11.1 Å². The number of anilines is 2. The maximum Gasteiger partial charge on any atom is 0.202 e. The lowest BCUT2D eigenvalue weighted by Gasteiger charge is -2.08. The lowest BCUT2D eigenvalue weighted by Crippen LogP contribution is -2.07. The van der Waals surface area contributed by atoms with E-state index in [0.29, 0.717) is 23.7 Å². The smallest absolute Gasteiger partial charge is 0.202 e. The van der Waals surface area contributed by atoms with Crippen LogP contribution in [0.15, 0.2) is 63.7 Å². The highest BCUT2D eigenvalue weighted by Crippen LogP contribution is 2.29. The van der Waals surface area contributed by atoms with Gasteiger partial charge in [-0.1, -0.05) is 15.9 Å². The summed E-state index contributed by atoms with van der Waals surface area (Å²) in [7, 11) is 0. The predicted molar refractivity (Wildman–Crippen MR) is 117 cm³/mol. The fourth-order valence-corrected chi connectivity index (χ4v) is 3.57. The van der Waals surface area contributed by atoms with Gasteiger partial charge in [-0.25, -0.2) is 4.98 Å². The number of nitrogens with two attached hydrogens (primary N) is 1. The molecule has 1 aromatic carbocycles. The Morgan fingerprint density at radius 3 is 2.86 bits per heavy atom. The Labute approximate surface area is 176 Å². The van der Waals surface area contributed by atoms with E-state index in [1.807, 2.05) is 49.4 Å². The van der Waals surface area contributed by atoms with Gasteiger partial charge in [-0.05, 0) is 55.0 Å². The van der Waals surface area contributed by atoms with Crippen LogP contribution in [0.4, 0.5) is 11.5 Å². The highest BCUT2D eigenvalue weighted by Gasteiger charge is 2.18. The molecule has 0 aliphatic carbocycles. The van der Waals surface area contributed by atoms with E-state index in [2.05, 4.69) is 31.2 Å². The first-order valence-corrected chi connectivity index (χ1v) is 9.90. The van der Waals surface area contributed by atoms with Gasteiger partial charge in [0.2, 0.25) is 5.78 Å². The second-order valence-electron chi connectivity index (χ2n) is 6.74. The van der Waals surface area contributed by atoms with Gasteiger partial charge in [0.05, 0.1) is 17.9 Å². The molecule has 0 spiro atoms. The van der Waals surface area contributed by atoms with Crippen molar-refractivity contribution >= 4 is 44.2 Å². The Morgan fingerprint density at radius 2 is 2.03 bits per heavy atom. The number of nitrogen functional groups attached to an aromatic ring is 1. The standard InChI is InChI=1S/C22H19BrN4O2/c1-13-17-11-15(23)4-5-20(17)29-21(13)19(28)10-14-6-8-25-16(9-14)12-27-18-3-2-7-26-22(18)24/h2-9,11,27H,10,12H2,1H3,(H2,24,26). The Morgan fingerprint density at radius 1 is 1.17 bits per heavy atom. The van der Waals surface area contributed by atoms with Crippen molar-refractivity contribution in [2.45, 2.75) is 19.9 Å². The molecule has 0 amide bonds. The molecule has 4 rings (SSSR count). The number of benzene rings is 1. The monoisotopic (exact) mass is 450 g/mol. The Balaban J connectivity index is 1.50. The Kier molecular flexibility index (Phi) is 5.31. The number of carbonyl (C=O) groups excluding carboxylic acids is 1. The number of hydrogen-bond donors (Lipinski definition) is 2. The summed E-state index contributed by atoms with van der Waals surface area (Å²) in [6, 6.07) is 13.2. The fraction of sp³-hybridized carbons (Fsp3) is 0.136. The zero-order valence-electron chi connectivity index (χ0n) is 15.8. The van der Waals surface area contributed by atoms with Crippen molar-refractivity contribution in [1.82, 2.24) is 9.97 Å². The number of nitrogens with one attached hydrogen (secondary N) is 1. The van der Waals surface area contributed by atoms with E-state index in [1.165, 1.54) is 0 Å². The lowest BCUT2D eigenvalue weighted by atomic mass is 10.0. The van der Waals surface area contributed by atoms with Crippen molar-refractivity contribution in [2.24, 2.45) is 0 Å². The van der Waals surface area contributed by atoms with Crippen LogP contribution in [-0.4, -0.2) is 15.8 Å². The molecule has 3 N–H and O–H groups in total. The number of ketones is 1. The number of pyridine rings is 2. The Hall–Kier alpha value is -3.19. The third-order valence-corrected chi connectivity index (χ3v) is 5.19. The van der Waals surface area contributed by atoms with Crippen LogP contribution < -0.4 is 11.1 Å². The van der Waals surface area contributed by atoms with Crippen LogP contribution in [0.1, 0.15) is 27.4 Å². The summed E-state index contributed by atoms with van der Waals surface area (Å²) in [5.41, 5.74) is 9.85. The molecule has 0 radical (unpaired) electrons. The first kappa shape index (κ1) is 19.1. The molecule has 0 atom stereocenters. The topological polar surface area (TPSA) is 94.0 Å². The summed E-state index contributed by atoms with van der Waals surface area (Å²) in [5, 5.41) is 4.16. The molecule has 4 aromatic rings. The van der Waals surface area contributed by atoms with E-state index in [9.17, 15) is 4.79 Å². The third kappa shape index (κ3) is 4.14. The molecule has 0 aliphatic rings. The minimum Gasteiger partial charge on any atom is -0.453 e. The molecule has 29 heavy (non-hydrogen) atoms. The van der Waals surface area contributed by atoms with Gasteiger partial charge in [0, 0.05) is 34.2 Å². The maximum absolute atomic E-state index is 12.9. The lowest BCUT2D eigenvalue weighted by molar-refractivity contribution is 0.0967. The molecule has 0 bridgehead atoms. The molecule has 146 valence electrons. The number of carbonyl (C=O) groups is 1. The van der Waals surface area contributed by atoms with Crippen LogP contribution >= 0.6 is 15.9 Å². The summed E-state index contributed by atoms with van der Waals surface area (Å²) in [4.78, 5) is 21.3. The van der Waals surface area contributed by atoms with Gasteiger partial charge >= 0.3 is 0 Å². The largest absolute Gasteiger partial charge is 0.453 e. The number of nitrogens with zero attached hydrogens (tertiary/aromatic N) is 2. The second-order valence-corrected chi connectivity index (χ2v) is 7.66. The quantitative estimate of drug-likeness (QED) is 0.405. The van der Waals surface area contributed by atoms with Crippen molar-refractivity contribution in [1.29, 1.82) is 0 Å². The van der Waals surface area contributed by atoms with Crippen molar-refractivity contribution in [3.63, 3.8) is 0 Å². The number of aryl methyl sites for hydroxylation is 1. The van der Waals surface area contributed by atoms with E-state index in [0.717, 1.165) is 32.4 Å². The maximum atomic E-state index is 12.9. The van der Waals surface area contributed by atoms with Gasteiger partial charge in [-0.15, -0.1) is 0 Å². The summed E-state index contributed by atoms with van der Waals surface area (Å²) < 4.78 is 6.77. The van der Waals surface area contributed by atoms with Gasteiger partial charge in [0.1, 0.15) is 11.4 Å². The highest BCUT2D eigenvalue weighted by molar-refractivity contribution is 9.10. The Bertz CT molecular complexity index is 1200.